The molecular formula is C14H16N4O. The molecule has 0 bridgehead atoms. The molecule has 1 aliphatic rings. The zero-order chi connectivity index (χ0) is 13.2. The van der Waals surface area contributed by atoms with E-state index < -0.39 is 0 Å². The maximum absolute atomic E-state index is 11.4. The third-order valence-electron chi connectivity index (χ3n) is 3.63. The van der Waals surface area contributed by atoms with E-state index in [2.05, 4.69) is 10.4 Å². The van der Waals surface area contributed by atoms with Crippen molar-refractivity contribution in [1.82, 2.24) is 15.1 Å². The zero-order valence-electron chi connectivity index (χ0n) is 10.5. The first-order valence-corrected chi connectivity index (χ1v) is 6.36. The minimum Gasteiger partial charge on any atom is -0.369 e. The van der Waals surface area contributed by atoms with E-state index in [-0.39, 0.29) is 17.7 Å². The maximum atomic E-state index is 11.4. The summed E-state index contributed by atoms with van der Waals surface area (Å²) in [5.41, 5.74) is 7.50. The van der Waals surface area contributed by atoms with Crippen molar-refractivity contribution in [2.24, 2.45) is 11.7 Å². The number of carbonyl (C=O) groups is 1. The number of nitrogens with two attached hydrogens (primary N) is 1. The SMILES string of the molecule is NC(=O)C1CNCC1c1cnn(-c2ccccc2)c1. The van der Waals surface area contributed by atoms with Crippen molar-refractivity contribution in [1.29, 1.82) is 0 Å². The van der Waals surface area contributed by atoms with Gasteiger partial charge in [-0.05, 0) is 17.7 Å². The highest BCUT2D eigenvalue weighted by Gasteiger charge is 2.33. The summed E-state index contributed by atoms with van der Waals surface area (Å²) in [5, 5.41) is 7.57. The van der Waals surface area contributed by atoms with Crippen LogP contribution < -0.4 is 11.1 Å². The molecule has 1 fully saturated rings. The molecule has 98 valence electrons. The van der Waals surface area contributed by atoms with Gasteiger partial charge in [0.1, 0.15) is 0 Å². The van der Waals surface area contributed by atoms with Gasteiger partial charge in [0.25, 0.3) is 0 Å². The van der Waals surface area contributed by atoms with Crippen molar-refractivity contribution < 1.29 is 4.79 Å². The lowest BCUT2D eigenvalue weighted by Crippen LogP contribution is -2.28. The van der Waals surface area contributed by atoms with Gasteiger partial charge in [-0.15, -0.1) is 0 Å². The lowest BCUT2D eigenvalue weighted by atomic mass is 9.90. The van der Waals surface area contributed by atoms with Crippen LogP contribution in [0.3, 0.4) is 0 Å². The Kier molecular flexibility index (Phi) is 3.05. The molecule has 5 heteroatoms. The molecule has 3 rings (SSSR count). The van der Waals surface area contributed by atoms with Gasteiger partial charge in [0.2, 0.25) is 5.91 Å². The molecule has 5 nitrogen and oxygen atoms in total. The summed E-state index contributed by atoms with van der Waals surface area (Å²) in [6, 6.07) is 9.91. The molecule has 0 radical (unpaired) electrons. The van der Waals surface area contributed by atoms with Gasteiger partial charge in [-0.2, -0.15) is 5.10 Å². The second-order valence-corrected chi connectivity index (χ2v) is 4.83. The summed E-state index contributed by atoms with van der Waals surface area (Å²) in [6.07, 6.45) is 3.80. The molecule has 1 aliphatic heterocycles. The van der Waals surface area contributed by atoms with Crippen LogP contribution in [0.15, 0.2) is 42.7 Å². The Hall–Kier alpha value is -2.14. The summed E-state index contributed by atoms with van der Waals surface area (Å²) >= 11 is 0. The lowest BCUT2D eigenvalue weighted by molar-refractivity contribution is -0.121. The minimum absolute atomic E-state index is 0.120. The molecule has 2 aromatic rings. The van der Waals surface area contributed by atoms with Gasteiger partial charge < -0.3 is 11.1 Å². The molecule has 1 aromatic heterocycles. The van der Waals surface area contributed by atoms with Crippen LogP contribution >= 0.6 is 0 Å². The van der Waals surface area contributed by atoms with Crippen molar-refractivity contribution in [3.05, 3.63) is 48.3 Å². The standard InChI is InChI=1S/C14H16N4O/c15-14(19)13-8-16-7-12(13)10-6-17-18(9-10)11-4-2-1-3-5-11/h1-6,9,12-13,16H,7-8H2,(H2,15,19). The van der Waals surface area contributed by atoms with Crippen molar-refractivity contribution >= 4 is 5.91 Å². The van der Waals surface area contributed by atoms with Crippen LogP contribution in [0.25, 0.3) is 5.69 Å². The molecular weight excluding hydrogens is 240 g/mol. The number of benzene rings is 1. The Labute approximate surface area is 111 Å². The average molecular weight is 256 g/mol. The Bertz CT molecular complexity index is 578. The highest BCUT2D eigenvalue weighted by molar-refractivity contribution is 5.78. The third kappa shape index (κ3) is 2.24. The van der Waals surface area contributed by atoms with Crippen molar-refractivity contribution in [2.75, 3.05) is 13.1 Å². The van der Waals surface area contributed by atoms with Crippen molar-refractivity contribution in [3.63, 3.8) is 0 Å². The number of rotatable bonds is 3. The highest BCUT2D eigenvalue weighted by atomic mass is 16.1. The molecule has 0 spiro atoms. The first-order chi connectivity index (χ1) is 9.25. The van der Waals surface area contributed by atoms with E-state index >= 15 is 0 Å². The minimum atomic E-state index is -0.248. The zero-order valence-corrected chi connectivity index (χ0v) is 10.5. The number of carbonyl (C=O) groups excluding carboxylic acids is 1. The quantitative estimate of drug-likeness (QED) is 0.847. The van der Waals surface area contributed by atoms with Gasteiger partial charge >= 0.3 is 0 Å². The largest absolute Gasteiger partial charge is 0.369 e. The van der Waals surface area contributed by atoms with E-state index in [1.165, 1.54) is 0 Å². The molecule has 1 aromatic carbocycles. The van der Waals surface area contributed by atoms with E-state index in [1.54, 1.807) is 0 Å². The molecule has 2 unspecified atom stereocenters. The highest BCUT2D eigenvalue weighted by Crippen LogP contribution is 2.28. The lowest BCUT2D eigenvalue weighted by Gasteiger charge is -2.12. The van der Waals surface area contributed by atoms with Crippen LogP contribution in [0.1, 0.15) is 11.5 Å². The number of aromatic nitrogens is 2. The monoisotopic (exact) mass is 256 g/mol. The van der Waals surface area contributed by atoms with Crippen LogP contribution in [0.4, 0.5) is 0 Å². The number of primary amides is 1. The second-order valence-electron chi connectivity index (χ2n) is 4.83. The summed E-state index contributed by atoms with van der Waals surface area (Å²) in [6.45, 7) is 1.42. The number of nitrogens with one attached hydrogen (secondary N) is 1. The van der Waals surface area contributed by atoms with Gasteiger partial charge in [-0.3, -0.25) is 4.79 Å². The summed E-state index contributed by atoms with van der Waals surface area (Å²) < 4.78 is 1.83. The average Bonchev–Trinajstić information content (AvgIpc) is 3.08. The van der Waals surface area contributed by atoms with Gasteiger partial charge in [0, 0.05) is 25.2 Å². The van der Waals surface area contributed by atoms with Crippen molar-refractivity contribution in [2.45, 2.75) is 5.92 Å². The van der Waals surface area contributed by atoms with Crippen LogP contribution in [0.2, 0.25) is 0 Å². The molecule has 1 amide bonds. The Morgan fingerprint density at radius 3 is 2.84 bits per heavy atom. The van der Waals surface area contributed by atoms with Gasteiger partial charge in [0.05, 0.1) is 17.8 Å². The number of amides is 1. The van der Waals surface area contributed by atoms with Crippen LogP contribution in [-0.4, -0.2) is 28.8 Å². The second kappa shape index (κ2) is 4.85. The predicted molar refractivity (Wildman–Crippen MR) is 71.9 cm³/mol. The van der Waals surface area contributed by atoms with E-state index in [0.717, 1.165) is 17.8 Å². The summed E-state index contributed by atoms with van der Waals surface area (Å²) in [5.74, 6) is -0.272. The van der Waals surface area contributed by atoms with E-state index in [0.29, 0.717) is 6.54 Å². The molecule has 2 heterocycles. The number of para-hydroxylation sites is 1. The maximum Gasteiger partial charge on any atom is 0.222 e. The predicted octanol–water partition coefficient (Wildman–Crippen LogP) is 0.661. The first kappa shape index (κ1) is 11.9. The topological polar surface area (TPSA) is 72.9 Å². The molecule has 19 heavy (non-hydrogen) atoms. The van der Waals surface area contributed by atoms with E-state index in [4.69, 9.17) is 5.73 Å². The molecule has 1 saturated heterocycles. The fraction of sp³-hybridized carbons (Fsp3) is 0.286. The molecule has 2 atom stereocenters. The van der Waals surface area contributed by atoms with Crippen LogP contribution in [0, 0.1) is 5.92 Å². The Balaban J connectivity index is 1.87. The number of hydrogen-bond donors (Lipinski definition) is 2. The molecule has 3 N–H and O–H groups in total. The first-order valence-electron chi connectivity index (χ1n) is 6.36. The van der Waals surface area contributed by atoms with Gasteiger partial charge in [-0.1, -0.05) is 18.2 Å². The van der Waals surface area contributed by atoms with Crippen LogP contribution in [-0.2, 0) is 4.79 Å². The van der Waals surface area contributed by atoms with Crippen molar-refractivity contribution in [3.8, 4) is 5.69 Å². The van der Waals surface area contributed by atoms with Gasteiger partial charge in [0.15, 0.2) is 0 Å². The smallest absolute Gasteiger partial charge is 0.222 e. The number of nitrogens with zero attached hydrogens (tertiary/aromatic N) is 2. The third-order valence-corrected chi connectivity index (χ3v) is 3.63. The Morgan fingerprint density at radius 2 is 2.11 bits per heavy atom. The normalized spacial score (nSPS) is 22.5. The fourth-order valence-corrected chi connectivity index (χ4v) is 2.58. The molecule has 0 aliphatic carbocycles. The molecule has 0 saturated carbocycles. The Morgan fingerprint density at radius 1 is 1.32 bits per heavy atom. The fourth-order valence-electron chi connectivity index (χ4n) is 2.58. The summed E-state index contributed by atoms with van der Waals surface area (Å²) in [4.78, 5) is 11.4. The van der Waals surface area contributed by atoms with Crippen LogP contribution in [0.5, 0.6) is 0 Å². The number of hydrogen-bond acceptors (Lipinski definition) is 3. The van der Waals surface area contributed by atoms with Gasteiger partial charge in [-0.25, -0.2) is 4.68 Å². The van der Waals surface area contributed by atoms with E-state index in [1.807, 2.05) is 47.4 Å². The summed E-state index contributed by atoms with van der Waals surface area (Å²) in [7, 11) is 0. The van der Waals surface area contributed by atoms with E-state index in [9.17, 15) is 4.79 Å².